The third-order valence-electron chi connectivity index (χ3n) is 3.98. The summed E-state index contributed by atoms with van der Waals surface area (Å²) >= 11 is 0. The van der Waals surface area contributed by atoms with E-state index in [9.17, 15) is 17.9 Å². The Labute approximate surface area is 125 Å². The van der Waals surface area contributed by atoms with E-state index in [1.165, 1.54) is 16.4 Å². The molecule has 21 heavy (non-hydrogen) atoms. The second-order valence-corrected chi connectivity index (χ2v) is 7.42. The van der Waals surface area contributed by atoms with E-state index >= 15 is 0 Å². The van der Waals surface area contributed by atoms with E-state index in [1.807, 2.05) is 0 Å². The maximum atomic E-state index is 14.0. The zero-order valence-corrected chi connectivity index (χ0v) is 13.1. The molecule has 1 saturated carbocycles. The van der Waals surface area contributed by atoms with Gasteiger partial charge in [-0.25, -0.2) is 12.8 Å². The van der Waals surface area contributed by atoms with E-state index in [0.29, 0.717) is 5.56 Å². The third-order valence-corrected chi connectivity index (χ3v) is 5.94. The van der Waals surface area contributed by atoms with Crippen molar-refractivity contribution in [2.24, 2.45) is 0 Å². The molecule has 1 N–H and O–H groups in total. The summed E-state index contributed by atoms with van der Waals surface area (Å²) in [6.45, 7) is 1.49. The number of rotatable bonds is 5. The molecule has 0 aromatic heterocycles. The Morgan fingerprint density at radius 2 is 1.95 bits per heavy atom. The van der Waals surface area contributed by atoms with E-state index in [0.717, 1.165) is 32.1 Å². The molecule has 1 aliphatic rings. The molecule has 1 aliphatic carbocycles. The van der Waals surface area contributed by atoms with Crippen molar-refractivity contribution in [3.05, 3.63) is 29.6 Å². The molecule has 0 atom stereocenters. The van der Waals surface area contributed by atoms with E-state index < -0.39 is 15.8 Å². The molecular weight excluding hydrogens is 293 g/mol. The summed E-state index contributed by atoms with van der Waals surface area (Å²) in [7, 11) is -3.92. The van der Waals surface area contributed by atoms with Crippen molar-refractivity contribution < 1.29 is 17.9 Å². The first-order valence-electron chi connectivity index (χ1n) is 7.35. The van der Waals surface area contributed by atoms with Crippen LogP contribution in [0.15, 0.2) is 23.1 Å². The minimum atomic E-state index is -3.92. The number of hydrogen-bond donors (Lipinski definition) is 1. The minimum Gasteiger partial charge on any atom is -0.395 e. The molecule has 0 bridgehead atoms. The summed E-state index contributed by atoms with van der Waals surface area (Å²) in [4.78, 5) is -0.290. The third kappa shape index (κ3) is 3.62. The van der Waals surface area contributed by atoms with Crippen LogP contribution in [-0.4, -0.2) is 37.0 Å². The van der Waals surface area contributed by atoms with Crippen LogP contribution in [0, 0.1) is 12.7 Å². The Morgan fingerprint density at radius 3 is 2.57 bits per heavy atom. The first kappa shape index (κ1) is 16.4. The van der Waals surface area contributed by atoms with Gasteiger partial charge in [0.25, 0.3) is 0 Å². The molecule has 1 aromatic carbocycles. The number of halogens is 1. The van der Waals surface area contributed by atoms with Gasteiger partial charge < -0.3 is 5.11 Å². The van der Waals surface area contributed by atoms with Crippen molar-refractivity contribution in [1.82, 2.24) is 4.31 Å². The van der Waals surface area contributed by atoms with Gasteiger partial charge in [-0.1, -0.05) is 25.3 Å². The molecule has 1 fully saturated rings. The van der Waals surface area contributed by atoms with Gasteiger partial charge in [0.1, 0.15) is 10.7 Å². The largest absolute Gasteiger partial charge is 0.395 e. The quantitative estimate of drug-likeness (QED) is 0.908. The van der Waals surface area contributed by atoms with E-state index in [1.54, 1.807) is 13.0 Å². The molecule has 0 unspecified atom stereocenters. The lowest BCUT2D eigenvalue weighted by Crippen LogP contribution is -2.43. The first-order valence-corrected chi connectivity index (χ1v) is 8.79. The van der Waals surface area contributed by atoms with Crippen LogP contribution in [0.5, 0.6) is 0 Å². The number of aryl methyl sites for hydroxylation is 1. The number of benzene rings is 1. The summed E-state index contributed by atoms with van der Waals surface area (Å²) in [6, 6.07) is 3.94. The molecule has 0 heterocycles. The predicted octanol–water partition coefficient (Wildman–Crippen LogP) is 2.45. The van der Waals surface area contributed by atoms with Crippen molar-refractivity contribution in [3.63, 3.8) is 0 Å². The fraction of sp³-hybridized carbons (Fsp3) is 0.600. The number of nitrogens with zero attached hydrogens (tertiary/aromatic N) is 1. The molecule has 2 rings (SSSR count). The van der Waals surface area contributed by atoms with Gasteiger partial charge in [-0.2, -0.15) is 4.31 Å². The Kier molecular flexibility index (Phi) is 5.35. The van der Waals surface area contributed by atoms with Crippen LogP contribution in [-0.2, 0) is 10.0 Å². The van der Waals surface area contributed by atoms with Gasteiger partial charge in [-0.15, -0.1) is 0 Å². The second-order valence-electron chi connectivity index (χ2n) is 5.57. The smallest absolute Gasteiger partial charge is 0.246 e. The average Bonchev–Trinajstić information content (AvgIpc) is 2.48. The van der Waals surface area contributed by atoms with Crippen LogP contribution in [0.25, 0.3) is 0 Å². The van der Waals surface area contributed by atoms with Gasteiger partial charge in [0.2, 0.25) is 10.0 Å². The fourth-order valence-electron chi connectivity index (χ4n) is 2.90. The van der Waals surface area contributed by atoms with E-state index in [2.05, 4.69) is 0 Å². The van der Waals surface area contributed by atoms with E-state index in [-0.39, 0.29) is 24.1 Å². The van der Waals surface area contributed by atoms with Crippen LogP contribution in [0.1, 0.15) is 37.7 Å². The molecule has 1 aromatic rings. The Morgan fingerprint density at radius 1 is 1.29 bits per heavy atom. The molecule has 118 valence electrons. The molecule has 4 nitrogen and oxygen atoms in total. The lowest BCUT2D eigenvalue weighted by Gasteiger charge is -2.33. The number of hydrogen-bond acceptors (Lipinski definition) is 3. The number of sulfonamides is 1. The maximum Gasteiger partial charge on any atom is 0.246 e. The minimum absolute atomic E-state index is 0.0143. The highest BCUT2D eigenvalue weighted by atomic mass is 32.2. The lowest BCUT2D eigenvalue weighted by molar-refractivity contribution is 0.199. The van der Waals surface area contributed by atoms with Gasteiger partial charge in [0.15, 0.2) is 0 Å². The van der Waals surface area contributed by atoms with Crippen molar-refractivity contribution in [2.45, 2.75) is 50.0 Å². The summed E-state index contributed by atoms with van der Waals surface area (Å²) in [5, 5.41) is 9.20. The molecular formula is C15H22FNO3S. The highest BCUT2D eigenvalue weighted by Gasteiger charge is 2.33. The lowest BCUT2D eigenvalue weighted by atomic mass is 9.95. The maximum absolute atomic E-state index is 14.0. The fourth-order valence-corrected chi connectivity index (χ4v) is 4.73. The van der Waals surface area contributed by atoms with Crippen molar-refractivity contribution in [2.75, 3.05) is 13.2 Å². The highest BCUT2D eigenvalue weighted by Crippen LogP contribution is 2.29. The SMILES string of the molecule is Cc1ccc(F)c(S(=O)(=O)N(CCO)C2CCCCC2)c1. The van der Waals surface area contributed by atoms with Crippen LogP contribution in [0.2, 0.25) is 0 Å². The number of aliphatic hydroxyl groups excluding tert-OH is 1. The monoisotopic (exact) mass is 315 g/mol. The van der Waals surface area contributed by atoms with Crippen LogP contribution in [0.3, 0.4) is 0 Å². The Bertz CT molecular complexity index is 583. The standard InChI is InChI=1S/C15H22FNO3S/c1-12-7-8-14(16)15(11-12)21(19,20)17(9-10-18)13-5-3-2-4-6-13/h7-8,11,13,18H,2-6,9-10H2,1H3. The molecule has 0 saturated heterocycles. The molecule has 0 aliphatic heterocycles. The molecule has 0 amide bonds. The van der Waals surface area contributed by atoms with Crippen molar-refractivity contribution in [1.29, 1.82) is 0 Å². The van der Waals surface area contributed by atoms with Gasteiger partial charge in [-0.05, 0) is 37.5 Å². The van der Waals surface area contributed by atoms with Gasteiger partial charge >= 0.3 is 0 Å². The highest BCUT2D eigenvalue weighted by molar-refractivity contribution is 7.89. The Hall–Kier alpha value is -0.980. The van der Waals surface area contributed by atoms with Gasteiger partial charge in [-0.3, -0.25) is 0 Å². The summed E-state index contributed by atoms with van der Waals surface area (Å²) in [6.07, 6.45) is 4.58. The summed E-state index contributed by atoms with van der Waals surface area (Å²) < 4.78 is 40.8. The van der Waals surface area contributed by atoms with Gasteiger partial charge in [0, 0.05) is 12.6 Å². The summed E-state index contributed by atoms with van der Waals surface area (Å²) in [5.74, 6) is -0.737. The zero-order valence-electron chi connectivity index (χ0n) is 12.3. The van der Waals surface area contributed by atoms with Crippen LogP contribution in [0.4, 0.5) is 4.39 Å². The normalized spacial score (nSPS) is 17.3. The second kappa shape index (κ2) is 6.85. The summed E-state index contributed by atoms with van der Waals surface area (Å²) in [5.41, 5.74) is 0.697. The first-order chi connectivity index (χ1) is 9.96. The van der Waals surface area contributed by atoms with Gasteiger partial charge in [0.05, 0.1) is 6.61 Å². The Balaban J connectivity index is 2.39. The topological polar surface area (TPSA) is 57.6 Å². The molecule has 6 heteroatoms. The average molecular weight is 315 g/mol. The van der Waals surface area contributed by atoms with Crippen molar-refractivity contribution >= 4 is 10.0 Å². The molecule has 0 spiro atoms. The van der Waals surface area contributed by atoms with E-state index in [4.69, 9.17) is 0 Å². The predicted molar refractivity (Wildman–Crippen MR) is 79.0 cm³/mol. The van der Waals surface area contributed by atoms with Crippen LogP contribution < -0.4 is 0 Å². The van der Waals surface area contributed by atoms with Crippen LogP contribution >= 0.6 is 0 Å². The molecule has 0 radical (unpaired) electrons. The number of aliphatic hydroxyl groups is 1. The van der Waals surface area contributed by atoms with Crippen molar-refractivity contribution in [3.8, 4) is 0 Å². The zero-order chi connectivity index (χ0) is 15.5.